The van der Waals surface area contributed by atoms with Crippen LogP contribution in [0.3, 0.4) is 0 Å². The van der Waals surface area contributed by atoms with Crippen LogP contribution >= 0.6 is 11.6 Å². The Morgan fingerprint density at radius 1 is 0.661 bits per heavy atom. The predicted octanol–water partition coefficient (Wildman–Crippen LogP) is 8.32. The standard InChI is InChI=1S/C35H34N4O6.C8H7ClO2/c1-4-45-32-22-25(14-19-31(32)44-3)30-9-6-20-39(38-30)35(42)24-12-17-28(18-13-24)36-33(40)23-10-15-27(16-11-23)37-34(41)26-7-5-8-29(21-26)43-2;1-11-7-4-2-3-6(5-7)8(9)10/h5,7-8,10-19,21-22H,4,6,9,20H2,1-3H3,(H,36,40)(H,37,41);2-5H,1H3. The Morgan fingerprint density at radius 3 is 1.80 bits per heavy atom. The smallest absolute Gasteiger partial charge is 0.273 e. The summed E-state index contributed by atoms with van der Waals surface area (Å²) in [5, 5.41) is 11.3. The third-order valence-corrected chi connectivity index (χ3v) is 8.70. The van der Waals surface area contributed by atoms with Crippen molar-refractivity contribution in [1.82, 2.24) is 5.01 Å². The average molecular weight is 777 g/mol. The molecule has 5 aromatic carbocycles. The highest BCUT2D eigenvalue weighted by molar-refractivity contribution is 6.67. The number of methoxy groups -OCH3 is 3. The van der Waals surface area contributed by atoms with E-state index in [2.05, 4.69) is 15.7 Å². The topological polar surface area (TPSA) is 145 Å². The maximum Gasteiger partial charge on any atom is 0.273 e. The Kier molecular flexibility index (Phi) is 14.2. The summed E-state index contributed by atoms with van der Waals surface area (Å²) >= 11 is 5.24. The van der Waals surface area contributed by atoms with Gasteiger partial charge in [0.1, 0.15) is 11.5 Å². The molecule has 0 aromatic heterocycles. The zero-order chi connectivity index (χ0) is 40.0. The van der Waals surface area contributed by atoms with Gasteiger partial charge in [-0.15, -0.1) is 0 Å². The molecular formula is C43H41ClN4O8. The third kappa shape index (κ3) is 10.7. The van der Waals surface area contributed by atoms with E-state index in [4.69, 9.17) is 30.5 Å². The number of hydrogen-bond donors (Lipinski definition) is 2. The van der Waals surface area contributed by atoms with Crippen molar-refractivity contribution in [2.75, 3.05) is 45.1 Å². The minimum absolute atomic E-state index is 0.227. The number of nitrogens with zero attached hydrogens (tertiary/aromatic N) is 2. The second-order valence-electron chi connectivity index (χ2n) is 12.2. The van der Waals surface area contributed by atoms with E-state index in [0.29, 0.717) is 69.8 Å². The second-order valence-corrected chi connectivity index (χ2v) is 12.5. The van der Waals surface area contributed by atoms with Crippen molar-refractivity contribution in [1.29, 1.82) is 0 Å². The summed E-state index contributed by atoms with van der Waals surface area (Å²) in [4.78, 5) is 49.3. The van der Waals surface area contributed by atoms with Crippen molar-refractivity contribution in [3.8, 4) is 23.0 Å². The first-order valence-corrected chi connectivity index (χ1v) is 18.0. The lowest BCUT2D eigenvalue weighted by molar-refractivity contribution is 0.0751. The molecule has 12 nitrogen and oxygen atoms in total. The molecule has 0 spiro atoms. The van der Waals surface area contributed by atoms with Crippen molar-refractivity contribution in [3.05, 3.63) is 143 Å². The van der Waals surface area contributed by atoms with Crippen LogP contribution in [0.2, 0.25) is 0 Å². The summed E-state index contributed by atoms with van der Waals surface area (Å²) < 4.78 is 21.1. The number of halogens is 1. The number of ether oxygens (including phenoxy) is 4. The molecule has 0 aliphatic carbocycles. The highest BCUT2D eigenvalue weighted by Gasteiger charge is 2.22. The number of amides is 3. The molecule has 2 N–H and O–H groups in total. The van der Waals surface area contributed by atoms with Gasteiger partial charge in [0.25, 0.3) is 23.0 Å². The number of benzene rings is 5. The van der Waals surface area contributed by atoms with Crippen molar-refractivity contribution >= 4 is 51.7 Å². The van der Waals surface area contributed by atoms with Crippen LogP contribution in [-0.4, -0.2) is 68.2 Å². The van der Waals surface area contributed by atoms with Gasteiger partial charge in [0, 0.05) is 45.7 Å². The van der Waals surface area contributed by atoms with Crippen LogP contribution < -0.4 is 29.6 Å². The summed E-state index contributed by atoms with van der Waals surface area (Å²) in [5.41, 5.74) is 4.54. The normalized spacial score (nSPS) is 11.9. The Balaban J connectivity index is 0.000000470. The maximum atomic E-state index is 13.3. The summed E-state index contributed by atoms with van der Waals surface area (Å²) in [6, 6.07) is 32.4. The molecule has 0 saturated carbocycles. The molecule has 0 fully saturated rings. The molecule has 1 aliphatic rings. The molecule has 0 atom stereocenters. The Hall–Kier alpha value is -6.66. The molecular weight excluding hydrogens is 736 g/mol. The van der Waals surface area contributed by atoms with E-state index in [0.717, 1.165) is 24.1 Å². The fourth-order valence-corrected chi connectivity index (χ4v) is 5.70. The Morgan fingerprint density at radius 2 is 1.23 bits per heavy atom. The summed E-state index contributed by atoms with van der Waals surface area (Å²) in [5.74, 6) is 1.66. The molecule has 3 amide bonds. The quantitative estimate of drug-likeness (QED) is 0.120. The summed E-state index contributed by atoms with van der Waals surface area (Å²) in [6.45, 7) is 2.92. The monoisotopic (exact) mass is 776 g/mol. The fraction of sp³-hybridized carbons (Fsp3) is 0.186. The molecule has 5 aromatic rings. The van der Waals surface area contributed by atoms with E-state index in [9.17, 15) is 19.2 Å². The largest absolute Gasteiger partial charge is 0.497 e. The van der Waals surface area contributed by atoms with Crippen molar-refractivity contribution in [2.24, 2.45) is 5.10 Å². The number of rotatable bonds is 12. The second kappa shape index (κ2) is 19.6. The number of hydrazone groups is 1. The van der Waals surface area contributed by atoms with E-state index in [1.165, 1.54) is 19.2 Å². The third-order valence-electron chi connectivity index (χ3n) is 8.48. The molecule has 0 radical (unpaired) electrons. The molecule has 0 unspecified atom stereocenters. The predicted molar refractivity (Wildman–Crippen MR) is 216 cm³/mol. The van der Waals surface area contributed by atoms with Crippen LogP contribution in [0.4, 0.5) is 11.4 Å². The molecule has 6 rings (SSSR count). The lowest BCUT2D eigenvalue weighted by Gasteiger charge is -2.24. The summed E-state index contributed by atoms with van der Waals surface area (Å²) in [6.07, 6.45) is 1.51. The maximum absolute atomic E-state index is 13.3. The highest BCUT2D eigenvalue weighted by atomic mass is 35.5. The van der Waals surface area contributed by atoms with Crippen LogP contribution in [0.15, 0.2) is 120 Å². The van der Waals surface area contributed by atoms with E-state index < -0.39 is 5.24 Å². The molecule has 0 bridgehead atoms. The highest BCUT2D eigenvalue weighted by Crippen LogP contribution is 2.30. The first kappa shape index (κ1) is 40.5. The van der Waals surface area contributed by atoms with Crippen molar-refractivity contribution in [2.45, 2.75) is 19.8 Å². The van der Waals surface area contributed by atoms with Gasteiger partial charge in [-0.2, -0.15) is 5.10 Å². The van der Waals surface area contributed by atoms with Gasteiger partial charge in [-0.05, 0) is 134 Å². The van der Waals surface area contributed by atoms with Crippen LogP contribution in [0, 0.1) is 0 Å². The van der Waals surface area contributed by atoms with Crippen molar-refractivity contribution in [3.63, 3.8) is 0 Å². The van der Waals surface area contributed by atoms with Crippen LogP contribution in [0.1, 0.15) is 66.8 Å². The molecule has 0 saturated heterocycles. The zero-order valence-corrected chi connectivity index (χ0v) is 32.1. The molecule has 1 aliphatic heterocycles. The first-order valence-electron chi connectivity index (χ1n) is 17.6. The molecule has 288 valence electrons. The van der Waals surface area contributed by atoms with E-state index in [-0.39, 0.29) is 17.7 Å². The van der Waals surface area contributed by atoms with Gasteiger partial charge in [-0.25, -0.2) is 5.01 Å². The minimum Gasteiger partial charge on any atom is -0.497 e. The molecule has 56 heavy (non-hydrogen) atoms. The van der Waals surface area contributed by atoms with Gasteiger partial charge in [0.15, 0.2) is 11.5 Å². The van der Waals surface area contributed by atoms with Crippen LogP contribution in [0.25, 0.3) is 0 Å². The number of hydrogen-bond acceptors (Lipinski definition) is 9. The van der Waals surface area contributed by atoms with Gasteiger partial charge in [-0.3, -0.25) is 19.2 Å². The van der Waals surface area contributed by atoms with Gasteiger partial charge < -0.3 is 29.6 Å². The van der Waals surface area contributed by atoms with Crippen LogP contribution in [-0.2, 0) is 0 Å². The Bertz CT molecular complexity index is 2210. The van der Waals surface area contributed by atoms with Gasteiger partial charge >= 0.3 is 0 Å². The van der Waals surface area contributed by atoms with Crippen molar-refractivity contribution < 1.29 is 38.1 Å². The first-order chi connectivity index (χ1) is 27.1. The van der Waals surface area contributed by atoms with E-state index >= 15 is 0 Å². The number of anilines is 2. The number of nitrogens with one attached hydrogen (secondary N) is 2. The van der Waals surface area contributed by atoms with Gasteiger partial charge in [0.2, 0.25) is 0 Å². The molecule has 1 heterocycles. The van der Waals surface area contributed by atoms with E-state index in [1.54, 1.807) is 104 Å². The summed E-state index contributed by atoms with van der Waals surface area (Å²) in [7, 11) is 4.67. The SMILES string of the molecule is CCOc1cc(C2=NN(C(=O)c3ccc(NC(=O)c4ccc(NC(=O)c5cccc(OC)c5)cc4)cc3)CCC2)ccc1OC.COc1cccc(C(=O)Cl)c1. The average Bonchev–Trinajstić information content (AvgIpc) is 3.24. The lowest BCUT2D eigenvalue weighted by Crippen LogP contribution is -2.32. The molecule has 13 heteroatoms. The Labute approximate surface area is 330 Å². The number of carbonyl (C=O) groups excluding carboxylic acids is 4. The van der Waals surface area contributed by atoms with E-state index in [1.807, 2.05) is 25.1 Å². The zero-order valence-electron chi connectivity index (χ0n) is 31.3. The van der Waals surface area contributed by atoms with Gasteiger partial charge in [-0.1, -0.05) is 12.1 Å². The van der Waals surface area contributed by atoms with Gasteiger partial charge in [0.05, 0.1) is 33.6 Å². The fourth-order valence-electron chi connectivity index (χ4n) is 5.58. The van der Waals surface area contributed by atoms with Crippen LogP contribution in [0.5, 0.6) is 23.0 Å². The minimum atomic E-state index is -0.469. The lowest BCUT2D eigenvalue weighted by atomic mass is 10.0. The number of carbonyl (C=O) groups is 4.